The van der Waals surface area contributed by atoms with Crippen LogP contribution in [-0.4, -0.2) is 9.78 Å². The molecular formula is C7H10N2. The minimum atomic E-state index is 0.878. The molecule has 0 bridgehead atoms. The molecular weight excluding hydrogens is 112 g/mol. The van der Waals surface area contributed by atoms with Gasteiger partial charge in [0.1, 0.15) is 0 Å². The highest BCUT2D eigenvalue weighted by atomic mass is 15.3. The highest BCUT2D eigenvalue weighted by molar-refractivity contribution is 4.83. The third-order valence-corrected chi connectivity index (χ3v) is 1.09. The second-order valence-electron chi connectivity index (χ2n) is 1.80. The van der Waals surface area contributed by atoms with E-state index >= 15 is 0 Å². The summed E-state index contributed by atoms with van der Waals surface area (Å²) in [4.78, 5) is 0. The minimum Gasteiger partial charge on any atom is -0.269 e. The maximum absolute atomic E-state index is 4.02. The molecule has 0 amide bonds. The Morgan fingerprint density at radius 2 is 2.56 bits per heavy atom. The largest absolute Gasteiger partial charge is 0.269 e. The Kier molecular flexibility index (Phi) is 2.07. The summed E-state index contributed by atoms with van der Waals surface area (Å²) in [6.45, 7) is 2.88. The van der Waals surface area contributed by atoms with Crippen molar-refractivity contribution in [1.82, 2.24) is 9.78 Å². The summed E-state index contributed by atoms with van der Waals surface area (Å²) >= 11 is 0. The van der Waals surface area contributed by atoms with Crippen molar-refractivity contribution in [2.75, 3.05) is 0 Å². The Labute approximate surface area is 54.8 Å². The molecule has 0 fully saturated rings. The molecule has 2 nitrogen and oxygen atoms in total. The van der Waals surface area contributed by atoms with E-state index in [2.05, 4.69) is 11.2 Å². The molecule has 0 aliphatic rings. The van der Waals surface area contributed by atoms with E-state index in [9.17, 15) is 0 Å². The predicted octanol–water partition coefficient (Wildman–Crippen LogP) is 1.46. The summed E-state index contributed by atoms with van der Waals surface area (Å²) in [5, 5.41) is 4.02. The van der Waals surface area contributed by atoms with Gasteiger partial charge in [-0.15, -0.1) is 0 Å². The van der Waals surface area contributed by atoms with Gasteiger partial charge in [0.25, 0.3) is 0 Å². The summed E-state index contributed by atoms with van der Waals surface area (Å²) in [7, 11) is 0. The van der Waals surface area contributed by atoms with Gasteiger partial charge in [-0.1, -0.05) is 12.2 Å². The van der Waals surface area contributed by atoms with E-state index in [1.165, 1.54) is 0 Å². The molecule has 0 aliphatic heterocycles. The maximum atomic E-state index is 4.02. The van der Waals surface area contributed by atoms with Crippen LogP contribution in [0.15, 0.2) is 30.6 Å². The lowest BCUT2D eigenvalue weighted by molar-refractivity contribution is 0.701. The third-order valence-electron chi connectivity index (χ3n) is 1.09. The fraction of sp³-hybridized carbons (Fsp3) is 0.286. The lowest BCUT2D eigenvalue weighted by Gasteiger charge is -1.90. The Balaban J connectivity index is 2.48. The molecule has 0 aromatic carbocycles. The smallest absolute Gasteiger partial charge is 0.0589 e. The molecule has 1 aromatic rings. The van der Waals surface area contributed by atoms with Crippen LogP contribution in [0.3, 0.4) is 0 Å². The lowest BCUT2D eigenvalue weighted by Crippen LogP contribution is -1.93. The van der Waals surface area contributed by atoms with Crippen molar-refractivity contribution in [2.24, 2.45) is 0 Å². The van der Waals surface area contributed by atoms with Crippen molar-refractivity contribution in [2.45, 2.75) is 13.5 Å². The average molecular weight is 122 g/mol. The standard InChI is InChI=1S/C7H10N2/c1-2-3-6-9-7-4-5-8-9/h2-5,7H,6H2,1H3/b3-2-. The summed E-state index contributed by atoms with van der Waals surface area (Å²) in [6.07, 6.45) is 7.80. The molecule has 1 heterocycles. The van der Waals surface area contributed by atoms with Crippen molar-refractivity contribution in [3.8, 4) is 0 Å². The van der Waals surface area contributed by atoms with Crippen LogP contribution in [0.4, 0.5) is 0 Å². The fourth-order valence-electron chi connectivity index (χ4n) is 0.622. The van der Waals surface area contributed by atoms with E-state index in [1.54, 1.807) is 6.20 Å². The van der Waals surface area contributed by atoms with Crippen LogP contribution in [0.5, 0.6) is 0 Å². The van der Waals surface area contributed by atoms with E-state index < -0.39 is 0 Å². The first-order valence-electron chi connectivity index (χ1n) is 3.02. The van der Waals surface area contributed by atoms with Gasteiger partial charge in [0.15, 0.2) is 0 Å². The van der Waals surface area contributed by atoms with Crippen LogP contribution in [0.1, 0.15) is 6.92 Å². The second kappa shape index (κ2) is 3.07. The molecule has 48 valence electrons. The van der Waals surface area contributed by atoms with Gasteiger partial charge in [0.2, 0.25) is 0 Å². The van der Waals surface area contributed by atoms with Crippen LogP contribution in [-0.2, 0) is 6.54 Å². The van der Waals surface area contributed by atoms with Crippen LogP contribution in [0, 0.1) is 0 Å². The first-order chi connectivity index (χ1) is 4.43. The molecule has 2 heteroatoms. The highest BCUT2D eigenvalue weighted by Crippen LogP contribution is 1.84. The quantitative estimate of drug-likeness (QED) is 0.543. The first kappa shape index (κ1) is 6.08. The minimum absolute atomic E-state index is 0.878. The molecule has 0 N–H and O–H groups in total. The number of hydrogen-bond donors (Lipinski definition) is 0. The van der Waals surface area contributed by atoms with Crippen LogP contribution in [0.2, 0.25) is 0 Å². The molecule has 1 rings (SSSR count). The first-order valence-corrected chi connectivity index (χ1v) is 3.02. The molecule has 0 spiro atoms. The van der Waals surface area contributed by atoms with Gasteiger partial charge in [-0.2, -0.15) is 5.10 Å². The Bertz CT molecular complexity index is 175. The SMILES string of the molecule is C/C=C\Cn1cccn1. The maximum Gasteiger partial charge on any atom is 0.0589 e. The van der Waals surface area contributed by atoms with E-state index in [1.807, 2.05) is 29.9 Å². The Hall–Kier alpha value is -1.05. The van der Waals surface area contributed by atoms with Crippen molar-refractivity contribution < 1.29 is 0 Å². The molecule has 0 unspecified atom stereocenters. The zero-order chi connectivity index (χ0) is 6.53. The highest BCUT2D eigenvalue weighted by Gasteiger charge is 1.80. The average Bonchev–Trinajstić information content (AvgIpc) is 2.34. The van der Waals surface area contributed by atoms with Crippen LogP contribution in [0.25, 0.3) is 0 Å². The van der Waals surface area contributed by atoms with Gasteiger partial charge in [-0.05, 0) is 13.0 Å². The number of aromatic nitrogens is 2. The Morgan fingerprint density at radius 1 is 1.67 bits per heavy atom. The zero-order valence-corrected chi connectivity index (χ0v) is 5.49. The monoisotopic (exact) mass is 122 g/mol. The van der Waals surface area contributed by atoms with Gasteiger partial charge in [-0.3, -0.25) is 4.68 Å². The van der Waals surface area contributed by atoms with Crippen LogP contribution >= 0.6 is 0 Å². The number of allylic oxidation sites excluding steroid dienone is 2. The van der Waals surface area contributed by atoms with Crippen molar-refractivity contribution in [3.63, 3.8) is 0 Å². The topological polar surface area (TPSA) is 17.8 Å². The molecule has 0 radical (unpaired) electrons. The van der Waals surface area contributed by atoms with Crippen molar-refractivity contribution in [1.29, 1.82) is 0 Å². The number of hydrogen-bond acceptors (Lipinski definition) is 1. The summed E-state index contributed by atoms with van der Waals surface area (Å²) in [6, 6.07) is 1.92. The predicted molar refractivity (Wildman–Crippen MR) is 37.0 cm³/mol. The van der Waals surface area contributed by atoms with Gasteiger partial charge in [0.05, 0.1) is 6.54 Å². The van der Waals surface area contributed by atoms with Gasteiger partial charge < -0.3 is 0 Å². The molecule has 1 aromatic heterocycles. The van der Waals surface area contributed by atoms with Crippen molar-refractivity contribution >= 4 is 0 Å². The third kappa shape index (κ3) is 1.72. The van der Waals surface area contributed by atoms with Gasteiger partial charge >= 0.3 is 0 Å². The van der Waals surface area contributed by atoms with Crippen LogP contribution < -0.4 is 0 Å². The molecule has 0 aliphatic carbocycles. The van der Waals surface area contributed by atoms with Gasteiger partial charge in [-0.25, -0.2) is 0 Å². The summed E-state index contributed by atoms with van der Waals surface area (Å²) in [5.41, 5.74) is 0. The molecule has 9 heavy (non-hydrogen) atoms. The van der Waals surface area contributed by atoms with E-state index in [-0.39, 0.29) is 0 Å². The molecule has 0 atom stereocenters. The van der Waals surface area contributed by atoms with Crippen molar-refractivity contribution in [3.05, 3.63) is 30.6 Å². The van der Waals surface area contributed by atoms with E-state index in [0.717, 1.165) is 6.54 Å². The second-order valence-corrected chi connectivity index (χ2v) is 1.80. The number of rotatable bonds is 2. The Morgan fingerprint density at radius 3 is 3.11 bits per heavy atom. The zero-order valence-electron chi connectivity index (χ0n) is 5.49. The van der Waals surface area contributed by atoms with Gasteiger partial charge in [0, 0.05) is 12.4 Å². The number of nitrogens with zero attached hydrogens (tertiary/aromatic N) is 2. The lowest BCUT2D eigenvalue weighted by atomic mass is 10.5. The van der Waals surface area contributed by atoms with E-state index in [4.69, 9.17) is 0 Å². The fourth-order valence-corrected chi connectivity index (χ4v) is 0.622. The molecule has 0 saturated heterocycles. The normalized spacial score (nSPS) is 10.8. The molecule has 0 saturated carbocycles. The van der Waals surface area contributed by atoms with E-state index in [0.29, 0.717) is 0 Å². The summed E-state index contributed by atoms with van der Waals surface area (Å²) in [5.74, 6) is 0. The summed E-state index contributed by atoms with van der Waals surface area (Å²) < 4.78 is 1.88.